The van der Waals surface area contributed by atoms with Crippen molar-refractivity contribution in [2.45, 2.75) is 6.11 Å². The molecule has 1 aromatic carbocycles. The molecule has 0 fully saturated rings. The van der Waals surface area contributed by atoms with Crippen LogP contribution in [-0.2, 0) is 0 Å². The highest BCUT2D eigenvalue weighted by Crippen LogP contribution is 2.22. The average molecular weight is 289 g/mol. The molecular weight excluding hydrogens is 279 g/mol. The molecule has 0 aliphatic carbocycles. The van der Waals surface area contributed by atoms with Crippen molar-refractivity contribution in [3.63, 3.8) is 0 Å². The lowest BCUT2D eigenvalue weighted by molar-refractivity contribution is -0.166. The predicted octanol–water partition coefficient (Wildman–Crippen LogP) is 2.80. The molecular formula is C8H9BrClF2NO. The number of nitrogens with two attached hydrogens (primary N) is 1. The van der Waals surface area contributed by atoms with Gasteiger partial charge in [0.2, 0.25) is 0 Å². The van der Waals surface area contributed by atoms with Gasteiger partial charge in [0.1, 0.15) is 5.75 Å². The second-order valence-corrected chi connectivity index (χ2v) is 3.31. The Bertz CT molecular complexity index is 281. The summed E-state index contributed by atoms with van der Waals surface area (Å²) in [6.07, 6.45) is -3.30. The highest BCUT2D eigenvalue weighted by Gasteiger charge is 2.28. The van der Waals surface area contributed by atoms with Crippen molar-refractivity contribution in [1.82, 2.24) is 0 Å². The highest BCUT2D eigenvalue weighted by molar-refractivity contribution is 9.10. The van der Waals surface area contributed by atoms with Crippen molar-refractivity contribution in [3.05, 3.63) is 28.7 Å². The van der Waals surface area contributed by atoms with Crippen LogP contribution in [-0.4, -0.2) is 12.7 Å². The van der Waals surface area contributed by atoms with E-state index < -0.39 is 12.7 Å². The van der Waals surface area contributed by atoms with Crippen LogP contribution in [0.5, 0.6) is 5.75 Å². The normalized spacial score (nSPS) is 10.6. The molecule has 2 N–H and O–H groups in total. The number of halogens is 4. The molecule has 0 saturated heterocycles. The molecule has 80 valence electrons. The summed E-state index contributed by atoms with van der Waals surface area (Å²) in [4.78, 5) is 0. The molecule has 14 heavy (non-hydrogen) atoms. The van der Waals surface area contributed by atoms with E-state index in [4.69, 9.17) is 5.73 Å². The summed E-state index contributed by atoms with van der Waals surface area (Å²) in [6.45, 7) is -0.830. The van der Waals surface area contributed by atoms with E-state index >= 15 is 0 Å². The van der Waals surface area contributed by atoms with Crippen LogP contribution < -0.4 is 10.5 Å². The van der Waals surface area contributed by atoms with Crippen LogP contribution in [0.25, 0.3) is 0 Å². The molecule has 0 aromatic heterocycles. The molecule has 0 bridgehead atoms. The first-order valence-electron chi connectivity index (χ1n) is 3.56. The molecule has 2 nitrogen and oxygen atoms in total. The van der Waals surface area contributed by atoms with Crippen molar-refractivity contribution < 1.29 is 13.5 Å². The van der Waals surface area contributed by atoms with Gasteiger partial charge >= 0.3 is 6.11 Å². The Balaban J connectivity index is 0.00000169. The molecule has 1 rings (SSSR count). The van der Waals surface area contributed by atoms with Gasteiger partial charge in [0, 0.05) is 4.47 Å². The minimum atomic E-state index is -3.30. The van der Waals surface area contributed by atoms with Gasteiger partial charge in [-0.25, -0.2) is 0 Å². The number of ether oxygens (including phenoxy) is 1. The minimum absolute atomic E-state index is 0. The molecule has 0 aliphatic heterocycles. The predicted molar refractivity (Wildman–Crippen MR) is 56.0 cm³/mol. The first-order chi connectivity index (χ1) is 6.03. The van der Waals surface area contributed by atoms with Gasteiger partial charge in [-0.1, -0.05) is 15.9 Å². The van der Waals surface area contributed by atoms with Crippen LogP contribution in [0.4, 0.5) is 8.78 Å². The summed E-state index contributed by atoms with van der Waals surface area (Å²) in [7, 11) is 0. The SMILES string of the molecule is Cl.NCC(F)(F)Oc1ccc(Br)cc1. The average Bonchev–Trinajstić information content (AvgIpc) is 2.09. The number of alkyl halides is 2. The Hall–Kier alpha value is -0.390. The van der Waals surface area contributed by atoms with Gasteiger partial charge < -0.3 is 10.5 Å². The Morgan fingerprint density at radius 1 is 1.29 bits per heavy atom. The van der Waals surface area contributed by atoms with E-state index in [1.165, 1.54) is 12.1 Å². The lowest BCUT2D eigenvalue weighted by Gasteiger charge is -2.15. The van der Waals surface area contributed by atoms with Crippen molar-refractivity contribution in [2.75, 3.05) is 6.54 Å². The van der Waals surface area contributed by atoms with E-state index in [0.717, 1.165) is 4.47 Å². The van der Waals surface area contributed by atoms with Crippen LogP contribution in [0.15, 0.2) is 28.7 Å². The van der Waals surface area contributed by atoms with Crippen molar-refractivity contribution in [2.24, 2.45) is 5.73 Å². The summed E-state index contributed by atoms with van der Waals surface area (Å²) in [6, 6.07) is 6.10. The first kappa shape index (κ1) is 13.6. The molecule has 0 amide bonds. The summed E-state index contributed by atoms with van der Waals surface area (Å²) in [5.41, 5.74) is 4.80. The van der Waals surface area contributed by atoms with Gasteiger partial charge in [0.15, 0.2) is 0 Å². The van der Waals surface area contributed by atoms with Crippen LogP contribution in [0.1, 0.15) is 0 Å². The van der Waals surface area contributed by atoms with Crippen molar-refractivity contribution >= 4 is 28.3 Å². The zero-order valence-electron chi connectivity index (χ0n) is 7.04. The number of hydrogen-bond acceptors (Lipinski definition) is 2. The molecule has 0 unspecified atom stereocenters. The molecule has 0 saturated carbocycles. The fraction of sp³-hybridized carbons (Fsp3) is 0.250. The molecule has 1 aromatic rings. The van der Waals surface area contributed by atoms with E-state index in [0.29, 0.717) is 0 Å². The lowest BCUT2D eigenvalue weighted by atomic mass is 10.3. The van der Waals surface area contributed by atoms with E-state index in [-0.39, 0.29) is 18.2 Å². The standard InChI is InChI=1S/C8H8BrF2NO.ClH/c9-6-1-3-7(4-2-6)13-8(10,11)5-12;/h1-4H,5,12H2;1H. The van der Waals surface area contributed by atoms with E-state index in [1.54, 1.807) is 12.1 Å². The van der Waals surface area contributed by atoms with Crippen molar-refractivity contribution in [3.8, 4) is 5.75 Å². The van der Waals surface area contributed by atoms with E-state index in [9.17, 15) is 8.78 Å². The summed E-state index contributed by atoms with van der Waals surface area (Å²) in [5.74, 6) is 0.0960. The van der Waals surface area contributed by atoms with Gasteiger partial charge in [-0.15, -0.1) is 12.4 Å². The molecule has 0 spiro atoms. The Morgan fingerprint density at radius 2 is 1.79 bits per heavy atom. The first-order valence-corrected chi connectivity index (χ1v) is 4.35. The quantitative estimate of drug-likeness (QED) is 0.928. The van der Waals surface area contributed by atoms with E-state index in [2.05, 4.69) is 20.7 Å². The topological polar surface area (TPSA) is 35.2 Å². The Labute approximate surface area is 95.0 Å². The van der Waals surface area contributed by atoms with Crippen LogP contribution in [0.2, 0.25) is 0 Å². The van der Waals surface area contributed by atoms with Crippen molar-refractivity contribution in [1.29, 1.82) is 0 Å². The lowest BCUT2D eigenvalue weighted by Crippen LogP contribution is -2.34. The zero-order chi connectivity index (χ0) is 9.90. The van der Waals surface area contributed by atoms with Crippen LogP contribution in [0.3, 0.4) is 0 Å². The maximum Gasteiger partial charge on any atom is 0.410 e. The third-order valence-corrected chi connectivity index (χ3v) is 1.85. The van der Waals surface area contributed by atoms with Gasteiger partial charge in [0.05, 0.1) is 6.54 Å². The Morgan fingerprint density at radius 3 is 2.21 bits per heavy atom. The highest BCUT2D eigenvalue weighted by atomic mass is 79.9. The van der Waals surface area contributed by atoms with Crippen LogP contribution >= 0.6 is 28.3 Å². The maximum atomic E-state index is 12.6. The molecule has 0 heterocycles. The van der Waals surface area contributed by atoms with Crippen LogP contribution in [0, 0.1) is 0 Å². The van der Waals surface area contributed by atoms with Gasteiger partial charge in [-0.2, -0.15) is 8.78 Å². The van der Waals surface area contributed by atoms with Gasteiger partial charge in [-0.3, -0.25) is 0 Å². The zero-order valence-corrected chi connectivity index (χ0v) is 9.45. The fourth-order valence-electron chi connectivity index (χ4n) is 0.717. The van der Waals surface area contributed by atoms with Gasteiger partial charge in [-0.05, 0) is 24.3 Å². The molecule has 0 radical (unpaired) electrons. The summed E-state index contributed by atoms with van der Waals surface area (Å²) < 4.78 is 30.3. The smallest absolute Gasteiger partial charge is 0.410 e. The number of rotatable bonds is 3. The molecule has 0 atom stereocenters. The number of hydrogen-bond donors (Lipinski definition) is 1. The number of benzene rings is 1. The minimum Gasteiger partial charge on any atom is -0.432 e. The largest absolute Gasteiger partial charge is 0.432 e. The summed E-state index contributed by atoms with van der Waals surface area (Å²) in [5, 5.41) is 0. The van der Waals surface area contributed by atoms with E-state index in [1.807, 2.05) is 0 Å². The monoisotopic (exact) mass is 287 g/mol. The Kier molecular flexibility index (Phi) is 5.33. The molecule has 0 aliphatic rings. The third-order valence-electron chi connectivity index (χ3n) is 1.32. The van der Waals surface area contributed by atoms with Gasteiger partial charge in [0.25, 0.3) is 0 Å². The molecule has 6 heteroatoms. The third kappa shape index (κ3) is 4.21. The second kappa shape index (κ2) is 5.48. The maximum absolute atomic E-state index is 12.6. The second-order valence-electron chi connectivity index (χ2n) is 2.40. The fourth-order valence-corrected chi connectivity index (χ4v) is 0.981. The summed E-state index contributed by atoms with van der Waals surface area (Å²) >= 11 is 3.17.